The fourth-order valence-electron chi connectivity index (χ4n) is 1.74. The number of aryl methyl sites for hydroxylation is 1. The summed E-state index contributed by atoms with van der Waals surface area (Å²) < 4.78 is 1.69. The lowest BCUT2D eigenvalue weighted by molar-refractivity contribution is -0.141. The van der Waals surface area contributed by atoms with Gasteiger partial charge in [-0.3, -0.25) is 4.90 Å². The normalized spacial score (nSPS) is 23.9. The van der Waals surface area contributed by atoms with Gasteiger partial charge in [0.2, 0.25) is 0 Å². The summed E-state index contributed by atoms with van der Waals surface area (Å²) in [6, 6.07) is -1.01. The van der Waals surface area contributed by atoms with E-state index in [0.29, 0.717) is 5.82 Å². The number of carboxylic acids is 1. The minimum atomic E-state index is -1.24. The molecule has 7 nitrogen and oxygen atoms in total. The summed E-state index contributed by atoms with van der Waals surface area (Å²) in [7, 11) is 1.75. The molecular formula is C9H11N3O4S. The van der Waals surface area contributed by atoms with Gasteiger partial charge in [-0.15, -0.1) is 11.8 Å². The van der Waals surface area contributed by atoms with Crippen LogP contribution in [0.4, 0.5) is 4.79 Å². The predicted molar refractivity (Wildman–Crippen MR) is 59.7 cm³/mol. The van der Waals surface area contributed by atoms with Crippen molar-refractivity contribution in [3.63, 3.8) is 0 Å². The highest BCUT2D eigenvalue weighted by atomic mass is 32.2. The van der Waals surface area contributed by atoms with Gasteiger partial charge in [0.15, 0.2) is 0 Å². The largest absolute Gasteiger partial charge is 0.480 e. The molecule has 0 aliphatic carbocycles. The van der Waals surface area contributed by atoms with Gasteiger partial charge in [-0.25, -0.2) is 14.6 Å². The monoisotopic (exact) mass is 257 g/mol. The molecule has 1 aliphatic rings. The number of hydrogen-bond acceptors (Lipinski definition) is 4. The van der Waals surface area contributed by atoms with E-state index in [1.807, 2.05) is 0 Å². The number of aromatic nitrogens is 2. The van der Waals surface area contributed by atoms with Gasteiger partial charge in [-0.05, 0) is 0 Å². The average molecular weight is 257 g/mol. The number of aliphatic carboxylic acids is 1. The van der Waals surface area contributed by atoms with Gasteiger partial charge in [0.1, 0.15) is 17.2 Å². The lowest BCUT2D eigenvalue weighted by Gasteiger charge is -2.23. The number of hydrogen-bond donors (Lipinski definition) is 2. The Morgan fingerprint density at radius 2 is 2.24 bits per heavy atom. The Labute approximate surface area is 101 Å². The Balaban J connectivity index is 2.33. The van der Waals surface area contributed by atoms with Crippen LogP contribution in [0.5, 0.6) is 0 Å². The maximum absolute atomic E-state index is 11.1. The third kappa shape index (κ3) is 1.95. The number of rotatable bonds is 2. The second-order valence-electron chi connectivity index (χ2n) is 3.63. The van der Waals surface area contributed by atoms with Crippen molar-refractivity contribution >= 4 is 23.8 Å². The van der Waals surface area contributed by atoms with Gasteiger partial charge in [-0.2, -0.15) is 0 Å². The minimum Gasteiger partial charge on any atom is -0.480 e. The van der Waals surface area contributed by atoms with E-state index in [2.05, 4.69) is 4.98 Å². The van der Waals surface area contributed by atoms with Crippen LogP contribution in [0, 0.1) is 0 Å². The molecule has 2 heterocycles. The second-order valence-corrected chi connectivity index (χ2v) is 4.74. The van der Waals surface area contributed by atoms with Crippen LogP contribution in [0.25, 0.3) is 0 Å². The lowest BCUT2D eigenvalue weighted by atomic mass is 10.3. The summed E-state index contributed by atoms with van der Waals surface area (Å²) in [6.45, 7) is 0. The summed E-state index contributed by atoms with van der Waals surface area (Å²) in [6.07, 6.45) is 2.02. The van der Waals surface area contributed by atoms with Gasteiger partial charge in [0, 0.05) is 25.2 Å². The molecule has 1 aliphatic heterocycles. The van der Waals surface area contributed by atoms with Crippen LogP contribution in [0.2, 0.25) is 0 Å². The number of nitrogens with zero attached hydrogens (tertiary/aromatic N) is 3. The molecule has 17 heavy (non-hydrogen) atoms. The van der Waals surface area contributed by atoms with Crippen LogP contribution in [0.1, 0.15) is 11.2 Å². The number of carboxylic acid groups (broad SMARTS) is 2. The van der Waals surface area contributed by atoms with Crippen LogP contribution in [-0.4, -0.2) is 48.5 Å². The van der Waals surface area contributed by atoms with Gasteiger partial charge < -0.3 is 14.8 Å². The van der Waals surface area contributed by atoms with Crippen molar-refractivity contribution in [3.05, 3.63) is 18.2 Å². The highest BCUT2D eigenvalue weighted by Crippen LogP contribution is 2.40. The van der Waals surface area contributed by atoms with E-state index in [9.17, 15) is 9.59 Å². The van der Waals surface area contributed by atoms with Gasteiger partial charge in [-0.1, -0.05) is 0 Å². The van der Waals surface area contributed by atoms with Gasteiger partial charge >= 0.3 is 12.1 Å². The maximum Gasteiger partial charge on any atom is 0.409 e. The topological polar surface area (TPSA) is 95.7 Å². The summed E-state index contributed by atoms with van der Waals surface area (Å²) in [5.41, 5.74) is 0. The molecule has 1 fully saturated rings. The Bertz CT molecular complexity index is 461. The van der Waals surface area contributed by atoms with Crippen molar-refractivity contribution in [2.45, 2.75) is 11.4 Å². The van der Waals surface area contributed by atoms with Crippen molar-refractivity contribution in [1.29, 1.82) is 0 Å². The van der Waals surface area contributed by atoms with Crippen LogP contribution in [0.15, 0.2) is 12.4 Å². The van der Waals surface area contributed by atoms with Crippen molar-refractivity contribution in [1.82, 2.24) is 14.5 Å². The summed E-state index contributed by atoms with van der Waals surface area (Å²) >= 11 is 1.27. The number of thioether (sulfide) groups is 1. The maximum atomic E-state index is 11.1. The lowest BCUT2D eigenvalue weighted by Crippen LogP contribution is -2.42. The first-order valence-electron chi connectivity index (χ1n) is 4.85. The molecule has 1 aromatic rings. The molecule has 0 aromatic carbocycles. The van der Waals surface area contributed by atoms with E-state index in [4.69, 9.17) is 10.2 Å². The molecule has 0 spiro atoms. The first-order chi connectivity index (χ1) is 8.02. The quantitative estimate of drug-likeness (QED) is 0.805. The molecule has 1 saturated heterocycles. The summed E-state index contributed by atoms with van der Waals surface area (Å²) in [4.78, 5) is 27.1. The Morgan fingerprint density at radius 3 is 2.71 bits per heavy atom. The molecule has 2 atom stereocenters. The molecule has 0 radical (unpaired) electrons. The van der Waals surface area contributed by atoms with Crippen molar-refractivity contribution in [2.75, 3.05) is 5.75 Å². The zero-order valence-electron chi connectivity index (χ0n) is 8.98. The summed E-state index contributed by atoms with van der Waals surface area (Å²) in [5.74, 6) is -0.350. The second kappa shape index (κ2) is 4.28. The molecule has 2 N–H and O–H groups in total. The van der Waals surface area contributed by atoms with E-state index in [1.165, 1.54) is 11.8 Å². The molecular weight excluding hydrogens is 246 g/mol. The van der Waals surface area contributed by atoms with Gasteiger partial charge in [0.05, 0.1) is 0 Å². The standard InChI is InChI=1S/C9H11N3O4S/c1-11-3-2-10-6(11)7-12(9(15)16)5(4-17-7)8(13)14/h2-3,5,7H,4H2,1H3,(H,13,14)(H,15,16)/t5?,7-/m1/s1. The van der Waals surface area contributed by atoms with E-state index in [0.717, 1.165) is 4.90 Å². The van der Waals surface area contributed by atoms with Crippen LogP contribution < -0.4 is 0 Å². The molecule has 0 bridgehead atoms. The van der Waals surface area contributed by atoms with Gasteiger partial charge in [0.25, 0.3) is 0 Å². The first kappa shape index (κ1) is 11.8. The van der Waals surface area contributed by atoms with E-state index >= 15 is 0 Å². The number of imidazole rings is 1. The fourth-order valence-corrected chi connectivity index (χ4v) is 3.19. The van der Waals surface area contributed by atoms with E-state index in [1.54, 1.807) is 24.0 Å². The zero-order valence-corrected chi connectivity index (χ0v) is 9.79. The van der Waals surface area contributed by atoms with E-state index < -0.39 is 23.5 Å². The van der Waals surface area contributed by atoms with Crippen molar-refractivity contribution < 1.29 is 19.8 Å². The van der Waals surface area contributed by atoms with Crippen LogP contribution in [-0.2, 0) is 11.8 Å². The molecule has 1 aromatic heterocycles. The third-order valence-electron chi connectivity index (χ3n) is 2.59. The Morgan fingerprint density at radius 1 is 1.53 bits per heavy atom. The van der Waals surface area contributed by atoms with Crippen LogP contribution >= 0.6 is 11.8 Å². The van der Waals surface area contributed by atoms with Crippen molar-refractivity contribution in [3.8, 4) is 0 Å². The Kier molecular flexibility index (Phi) is 2.97. The molecule has 8 heteroatoms. The minimum absolute atomic E-state index is 0.235. The van der Waals surface area contributed by atoms with E-state index in [-0.39, 0.29) is 5.75 Å². The zero-order chi connectivity index (χ0) is 12.6. The molecule has 0 saturated carbocycles. The van der Waals surface area contributed by atoms with Crippen molar-refractivity contribution in [2.24, 2.45) is 7.05 Å². The smallest absolute Gasteiger partial charge is 0.409 e. The number of amides is 1. The summed E-state index contributed by atoms with van der Waals surface area (Å²) in [5, 5.41) is 17.5. The Hall–Kier alpha value is -1.70. The molecule has 2 rings (SSSR count). The highest BCUT2D eigenvalue weighted by Gasteiger charge is 2.44. The third-order valence-corrected chi connectivity index (χ3v) is 3.85. The highest BCUT2D eigenvalue weighted by molar-refractivity contribution is 7.99. The molecule has 1 amide bonds. The predicted octanol–water partition coefficient (Wildman–Crippen LogP) is 0.599. The average Bonchev–Trinajstić information content (AvgIpc) is 2.82. The van der Waals surface area contributed by atoms with Crippen LogP contribution in [0.3, 0.4) is 0 Å². The SMILES string of the molecule is Cn1ccnc1[C@H]1SCC(C(=O)O)N1C(=O)O. The number of carbonyl (C=O) groups is 2. The first-order valence-corrected chi connectivity index (χ1v) is 5.90. The molecule has 1 unspecified atom stereocenters. The fraction of sp³-hybridized carbons (Fsp3) is 0.444. The molecule has 92 valence electrons.